The number of methoxy groups -OCH3 is 1. The summed E-state index contributed by atoms with van der Waals surface area (Å²) in [5.41, 5.74) is 1.29. The van der Waals surface area contributed by atoms with E-state index in [1.165, 1.54) is 42.6 Å². The largest absolute Gasteiger partial charge is 0.497 e. The van der Waals surface area contributed by atoms with Crippen LogP contribution >= 0.6 is 0 Å². The number of hydrogen-bond donors (Lipinski definition) is 0. The van der Waals surface area contributed by atoms with Crippen molar-refractivity contribution in [2.75, 3.05) is 11.4 Å². The van der Waals surface area contributed by atoms with Gasteiger partial charge in [-0.1, -0.05) is 36.4 Å². The first kappa shape index (κ1) is 22.8. The predicted molar refractivity (Wildman–Crippen MR) is 120 cm³/mol. The number of benzene rings is 3. The zero-order valence-corrected chi connectivity index (χ0v) is 18.5. The van der Waals surface area contributed by atoms with Crippen molar-refractivity contribution in [3.8, 4) is 11.8 Å². The number of anilines is 1. The fourth-order valence-corrected chi connectivity index (χ4v) is 4.48. The highest BCUT2D eigenvalue weighted by Crippen LogP contribution is 2.28. The van der Waals surface area contributed by atoms with Crippen molar-refractivity contribution in [3.05, 3.63) is 90.0 Å². The second kappa shape index (κ2) is 9.98. The second-order valence-corrected chi connectivity index (χ2v) is 8.76. The number of esters is 1. The molecule has 0 aromatic heterocycles. The lowest BCUT2D eigenvalue weighted by Crippen LogP contribution is -2.30. The lowest BCUT2D eigenvalue weighted by atomic mass is 10.2. The molecule has 3 aromatic rings. The van der Waals surface area contributed by atoms with Gasteiger partial charge < -0.3 is 9.47 Å². The van der Waals surface area contributed by atoms with Gasteiger partial charge in [0, 0.05) is 0 Å². The highest BCUT2D eigenvalue weighted by Gasteiger charge is 2.26. The van der Waals surface area contributed by atoms with Gasteiger partial charge in [0.2, 0.25) is 0 Å². The van der Waals surface area contributed by atoms with Gasteiger partial charge in [-0.15, -0.1) is 0 Å². The number of ether oxygens (including phenoxy) is 2. The lowest BCUT2D eigenvalue weighted by Gasteiger charge is -2.25. The van der Waals surface area contributed by atoms with E-state index in [1.807, 2.05) is 36.4 Å². The van der Waals surface area contributed by atoms with E-state index in [-0.39, 0.29) is 17.0 Å². The Kier molecular flexibility index (Phi) is 7.13. The first-order valence-corrected chi connectivity index (χ1v) is 11.2. The van der Waals surface area contributed by atoms with E-state index >= 15 is 0 Å². The van der Waals surface area contributed by atoms with E-state index in [4.69, 9.17) is 14.7 Å². The minimum atomic E-state index is -4.04. The SMILES string of the molecule is COc1ccc(N(Cc2ccccc2)S(=O)(=O)c2cccc(C(=O)OC(C)C#N)c2)cc1. The molecule has 0 aliphatic rings. The standard InChI is InChI=1S/C24H22N2O5S/c1-18(16-25)31-24(27)20-9-6-10-23(15-20)32(28,29)26(17-19-7-4-3-5-8-19)21-11-13-22(30-2)14-12-21/h3-15,18H,17H2,1-2H3. The third-order valence-electron chi connectivity index (χ3n) is 4.65. The van der Waals surface area contributed by atoms with Crippen molar-refractivity contribution >= 4 is 21.7 Å². The van der Waals surface area contributed by atoms with Crippen LogP contribution in [0.3, 0.4) is 0 Å². The van der Waals surface area contributed by atoms with Crippen molar-refractivity contribution in [3.63, 3.8) is 0 Å². The molecule has 7 nitrogen and oxygen atoms in total. The molecule has 0 bridgehead atoms. The van der Waals surface area contributed by atoms with Crippen molar-refractivity contribution in [2.45, 2.75) is 24.5 Å². The lowest BCUT2D eigenvalue weighted by molar-refractivity contribution is 0.0435. The van der Waals surface area contributed by atoms with Gasteiger partial charge in [-0.05, 0) is 55.0 Å². The highest BCUT2D eigenvalue weighted by atomic mass is 32.2. The predicted octanol–water partition coefficient (Wildman–Crippen LogP) is 4.16. The molecule has 0 heterocycles. The molecule has 0 N–H and O–H groups in total. The minimum absolute atomic E-state index is 0.0440. The van der Waals surface area contributed by atoms with Crippen LogP contribution in [0.5, 0.6) is 5.75 Å². The molecule has 8 heteroatoms. The summed E-state index contributed by atoms with van der Waals surface area (Å²) in [5.74, 6) is -0.169. The Morgan fingerprint density at radius 3 is 2.34 bits per heavy atom. The molecule has 1 unspecified atom stereocenters. The molecule has 3 aromatic carbocycles. The maximum atomic E-state index is 13.6. The first-order chi connectivity index (χ1) is 15.3. The van der Waals surface area contributed by atoms with Crippen LogP contribution < -0.4 is 9.04 Å². The van der Waals surface area contributed by atoms with Crippen molar-refractivity contribution < 1.29 is 22.7 Å². The molecule has 1 atom stereocenters. The van der Waals surface area contributed by atoms with Gasteiger partial charge >= 0.3 is 5.97 Å². The first-order valence-electron chi connectivity index (χ1n) is 9.76. The van der Waals surface area contributed by atoms with Gasteiger partial charge in [0.1, 0.15) is 11.8 Å². The van der Waals surface area contributed by atoms with Crippen LogP contribution in [-0.4, -0.2) is 27.6 Å². The average Bonchev–Trinajstić information content (AvgIpc) is 2.83. The molecule has 0 spiro atoms. The van der Waals surface area contributed by atoms with Gasteiger partial charge in [-0.3, -0.25) is 4.31 Å². The van der Waals surface area contributed by atoms with Gasteiger partial charge in [-0.25, -0.2) is 13.2 Å². The Morgan fingerprint density at radius 1 is 1.03 bits per heavy atom. The fourth-order valence-electron chi connectivity index (χ4n) is 2.98. The number of sulfonamides is 1. The summed E-state index contributed by atoms with van der Waals surface area (Å²) < 4.78 is 38.7. The van der Waals surface area contributed by atoms with E-state index in [0.717, 1.165) is 5.56 Å². The molecule has 0 saturated carbocycles. The number of rotatable bonds is 8. The van der Waals surface area contributed by atoms with Crippen LogP contribution in [0.4, 0.5) is 5.69 Å². The Balaban J connectivity index is 2.02. The molecule has 164 valence electrons. The summed E-state index contributed by atoms with van der Waals surface area (Å²) in [5, 5.41) is 8.85. The van der Waals surface area contributed by atoms with Crippen LogP contribution in [0.25, 0.3) is 0 Å². The van der Waals surface area contributed by atoms with Crippen LogP contribution in [0.15, 0.2) is 83.8 Å². The van der Waals surface area contributed by atoms with Gasteiger partial charge in [0.05, 0.1) is 29.8 Å². The molecule has 32 heavy (non-hydrogen) atoms. The molecule has 0 aliphatic heterocycles. The Morgan fingerprint density at radius 2 is 1.72 bits per heavy atom. The maximum absolute atomic E-state index is 13.6. The van der Waals surface area contributed by atoms with Crippen molar-refractivity contribution in [2.24, 2.45) is 0 Å². The monoisotopic (exact) mass is 450 g/mol. The normalized spacial score (nSPS) is 11.8. The molecular formula is C24H22N2O5S. The third kappa shape index (κ3) is 5.25. The molecular weight excluding hydrogens is 428 g/mol. The molecule has 0 saturated heterocycles. The number of nitriles is 1. The topological polar surface area (TPSA) is 96.7 Å². The van der Waals surface area contributed by atoms with Crippen LogP contribution in [0, 0.1) is 11.3 Å². The van der Waals surface area contributed by atoms with E-state index in [9.17, 15) is 13.2 Å². The van der Waals surface area contributed by atoms with Crippen molar-refractivity contribution in [1.29, 1.82) is 5.26 Å². The quantitative estimate of drug-likeness (QED) is 0.478. The number of nitrogens with zero attached hydrogens (tertiary/aromatic N) is 2. The molecule has 0 amide bonds. The summed E-state index contributed by atoms with van der Waals surface area (Å²) >= 11 is 0. The zero-order chi connectivity index (χ0) is 23.1. The van der Waals surface area contributed by atoms with E-state index < -0.39 is 22.1 Å². The molecule has 0 aliphatic carbocycles. The average molecular weight is 451 g/mol. The molecule has 0 fully saturated rings. The number of carbonyl (C=O) groups excluding carboxylic acids is 1. The molecule has 0 radical (unpaired) electrons. The number of carbonyl (C=O) groups is 1. The smallest absolute Gasteiger partial charge is 0.339 e. The van der Waals surface area contributed by atoms with Gasteiger partial charge in [0.15, 0.2) is 6.10 Å². The van der Waals surface area contributed by atoms with Crippen LogP contribution in [0.1, 0.15) is 22.8 Å². The van der Waals surface area contributed by atoms with Gasteiger partial charge in [0.25, 0.3) is 10.0 Å². The Hall–Kier alpha value is -3.83. The van der Waals surface area contributed by atoms with E-state index in [2.05, 4.69) is 0 Å². The van der Waals surface area contributed by atoms with Crippen molar-refractivity contribution in [1.82, 2.24) is 0 Å². The Labute approximate surface area is 187 Å². The fraction of sp³-hybridized carbons (Fsp3) is 0.167. The minimum Gasteiger partial charge on any atom is -0.497 e. The zero-order valence-electron chi connectivity index (χ0n) is 17.6. The summed E-state index contributed by atoms with van der Waals surface area (Å²) in [4.78, 5) is 12.2. The maximum Gasteiger partial charge on any atom is 0.339 e. The summed E-state index contributed by atoms with van der Waals surface area (Å²) in [6.45, 7) is 1.53. The summed E-state index contributed by atoms with van der Waals surface area (Å²) in [7, 11) is -2.51. The second-order valence-electron chi connectivity index (χ2n) is 6.90. The Bertz CT molecular complexity index is 1220. The van der Waals surface area contributed by atoms with Gasteiger partial charge in [-0.2, -0.15) is 5.26 Å². The highest BCUT2D eigenvalue weighted by molar-refractivity contribution is 7.92. The van der Waals surface area contributed by atoms with E-state index in [0.29, 0.717) is 11.4 Å². The summed E-state index contributed by atoms with van der Waals surface area (Å²) in [6.07, 6.45) is -0.948. The van der Waals surface area contributed by atoms with E-state index in [1.54, 1.807) is 24.3 Å². The third-order valence-corrected chi connectivity index (χ3v) is 6.42. The van der Waals surface area contributed by atoms with Crippen LogP contribution in [0.2, 0.25) is 0 Å². The van der Waals surface area contributed by atoms with Crippen LogP contribution in [-0.2, 0) is 21.3 Å². The number of hydrogen-bond acceptors (Lipinski definition) is 6. The summed E-state index contributed by atoms with van der Waals surface area (Å²) in [6, 6.07) is 23.3. The molecule has 3 rings (SSSR count).